The van der Waals surface area contributed by atoms with Crippen molar-refractivity contribution in [3.05, 3.63) is 48.3 Å². The highest BCUT2D eigenvalue weighted by Crippen LogP contribution is 2.44. The molecule has 3 aromatic heterocycles. The second-order valence-corrected chi connectivity index (χ2v) is 5.91. The van der Waals surface area contributed by atoms with E-state index < -0.39 is 5.91 Å². The number of benzene rings is 1. The Morgan fingerprint density at radius 1 is 1.15 bits per heavy atom. The number of hydrogen-bond donors (Lipinski definition) is 3. The summed E-state index contributed by atoms with van der Waals surface area (Å²) in [6.07, 6.45) is 3.17. The number of carbonyl (C=O) groups excluding carboxylic acids is 1. The minimum absolute atomic E-state index is 0.0825. The quantitative estimate of drug-likeness (QED) is 0.270. The summed E-state index contributed by atoms with van der Waals surface area (Å²) in [5.74, 6) is -1.08. The Bertz CT molecular complexity index is 1260. The van der Waals surface area contributed by atoms with Crippen LogP contribution in [0.2, 0.25) is 0 Å². The van der Waals surface area contributed by atoms with Crippen molar-refractivity contribution < 1.29 is 15.0 Å². The number of azo groups is 1. The lowest BCUT2D eigenvalue weighted by atomic mass is 10.1. The van der Waals surface area contributed by atoms with Gasteiger partial charge in [0.05, 0.1) is 16.5 Å². The van der Waals surface area contributed by atoms with Gasteiger partial charge in [-0.1, -0.05) is 6.07 Å². The summed E-state index contributed by atoms with van der Waals surface area (Å²) >= 11 is 4.61. The van der Waals surface area contributed by atoms with Gasteiger partial charge in [-0.25, -0.2) is 0 Å². The van der Waals surface area contributed by atoms with Crippen LogP contribution in [0.25, 0.3) is 27.3 Å². The lowest BCUT2D eigenvalue weighted by Gasteiger charge is -2.06. The van der Waals surface area contributed by atoms with E-state index >= 15 is 0 Å². The molecule has 0 fully saturated rings. The summed E-state index contributed by atoms with van der Waals surface area (Å²) in [6.45, 7) is 0. The molecule has 4 aromatic rings. The molecule has 0 aliphatic carbocycles. The monoisotopic (exact) mass is 365 g/mol. The molecule has 4 N–H and O–H groups in total. The molecule has 4 rings (SSSR count). The van der Waals surface area contributed by atoms with E-state index in [4.69, 9.17) is 5.73 Å². The van der Waals surface area contributed by atoms with Crippen LogP contribution < -0.4 is 5.73 Å². The van der Waals surface area contributed by atoms with Gasteiger partial charge in [-0.3, -0.25) is 9.78 Å². The summed E-state index contributed by atoms with van der Waals surface area (Å²) in [4.78, 5) is 16.8. The second kappa shape index (κ2) is 5.74. The molecule has 9 heteroatoms. The van der Waals surface area contributed by atoms with E-state index in [-0.39, 0.29) is 38.6 Å². The summed E-state index contributed by atoms with van der Waals surface area (Å²) in [5.41, 5.74) is 6.26. The minimum Gasteiger partial charge on any atom is -0.507 e. The molecule has 1 amide bonds. The molecule has 8 nitrogen and oxygen atoms in total. The van der Waals surface area contributed by atoms with E-state index in [0.717, 1.165) is 0 Å². The van der Waals surface area contributed by atoms with Crippen LogP contribution in [0.3, 0.4) is 0 Å². The fourth-order valence-electron chi connectivity index (χ4n) is 3.06. The minimum atomic E-state index is -0.741. The molecule has 0 unspecified atom stereocenters. The normalized spacial score (nSPS) is 11.7. The Morgan fingerprint density at radius 3 is 2.73 bits per heavy atom. The fourth-order valence-corrected chi connectivity index (χ4v) is 3.11. The molecule has 0 saturated carbocycles. The first-order valence-corrected chi connectivity index (χ1v) is 7.88. The molecule has 0 atom stereocenters. The molecule has 0 radical (unpaired) electrons. The molecule has 0 bridgehead atoms. The number of aromatic hydroxyl groups is 2. The average Bonchev–Trinajstić information content (AvgIpc) is 3.00. The molecule has 0 aliphatic rings. The smallest absolute Gasteiger partial charge is 0.298 e. The predicted molar refractivity (Wildman–Crippen MR) is 99.5 cm³/mol. The van der Waals surface area contributed by atoms with Gasteiger partial charge in [0, 0.05) is 17.8 Å². The Labute approximate surface area is 151 Å². The summed E-state index contributed by atoms with van der Waals surface area (Å²) in [7, 11) is 0. The van der Waals surface area contributed by atoms with Crippen molar-refractivity contribution in [2.45, 2.75) is 0 Å². The van der Waals surface area contributed by atoms with E-state index in [9.17, 15) is 15.0 Å². The van der Waals surface area contributed by atoms with Crippen molar-refractivity contribution in [1.29, 1.82) is 0 Å². The Morgan fingerprint density at radius 2 is 1.96 bits per heavy atom. The van der Waals surface area contributed by atoms with Gasteiger partial charge in [0.25, 0.3) is 5.91 Å². The number of fused-ring (bicyclic) bond motifs is 4. The maximum Gasteiger partial charge on any atom is 0.298 e. The summed E-state index contributed by atoms with van der Waals surface area (Å²) < 4.78 is 1.59. The van der Waals surface area contributed by atoms with Crippen molar-refractivity contribution in [2.24, 2.45) is 16.0 Å². The van der Waals surface area contributed by atoms with Gasteiger partial charge in [-0.15, -0.1) is 10.2 Å². The number of pyridine rings is 2. The number of amides is 1. The van der Waals surface area contributed by atoms with Crippen molar-refractivity contribution >= 4 is 50.6 Å². The summed E-state index contributed by atoms with van der Waals surface area (Å²) in [5, 5.41) is 28.7. The Balaban J connectivity index is 2.23. The van der Waals surface area contributed by atoms with E-state index in [1.54, 1.807) is 40.9 Å². The number of rotatable bonds is 1. The molecule has 26 heavy (non-hydrogen) atoms. The standard InChI is InChI=1S/C17H11N5O3S/c18-17(26)21-20-16(25)10-9-5-1-2-7-22(9)13-11(10)14(23)8-4-3-6-19-12(8)15(13)24/h1-7,23-24H,(H2,18,26). The SMILES string of the molecule is NC(=S)N=NC(=O)c1c2c(O)c3cccnc3c(O)c2n2ccccc12. The van der Waals surface area contributed by atoms with Crippen LogP contribution in [-0.4, -0.2) is 30.6 Å². The number of aromatic nitrogens is 2. The third kappa shape index (κ3) is 2.18. The topological polar surface area (TPSA) is 126 Å². The van der Waals surface area contributed by atoms with Gasteiger partial charge in [-0.2, -0.15) is 0 Å². The van der Waals surface area contributed by atoms with Crippen molar-refractivity contribution in [1.82, 2.24) is 9.38 Å². The van der Waals surface area contributed by atoms with Crippen molar-refractivity contribution in [3.8, 4) is 11.5 Å². The van der Waals surface area contributed by atoms with Gasteiger partial charge < -0.3 is 20.3 Å². The largest absolute Gasteiger partial charge is 0.507 e. The molecule has 128 valence electrons. The lowest BCUT2D eigenvalue weighted by molar-refractivity contribution is 0.0998. The highest BCUT2D eigenvalue weighted by molar-refractivity contribution is 7.80. The van der Waals surface area contributed by atoms with Crippen LogP contribution in [0.15, 0.2) is 53.0 Å². The van der Waals surface area contributed by atoms with Crippen LogP contribution in [0.4, 0.5) is 0 Å². The molecular weight excluding hydrogens is 354 g/mol. The first-order valence-electron chi connectivity index (χ1n) is 7.47. The zero-order valence-electron chi connectivity index (χ0n) is 13.1. The van der Waals surface area contributed by atoms with Gasteiger partial charge in [0.2, 0.25) is 5.11 Å². The number of phenolic OH excluding ortho intramolecular Hbond substituents is 2. The highest BCUT2D eigenvalue weighted by atomic mass is 32.1. The van der Waals surface area contributed by atoms with Crippen LogP contribution in [0.1, 0.15) is 10.4 Å². The van der Waals surface area contributed by atoms with Crippen molar-refractivity contribution in [2.75, 3.05) is 0 Å². The molecule has 0 spiro atoms. The first-order chi connectivity index (χ1) is 12.5. The number of phenols is 2. The number of nitrogens with zero attached hydrogens (tertiary/aromatic N) is 4. The lowest BCUT2D eigenvalue weighted by Crippen LogP contribution is -2.04. The van der Waals surface area contributed by atoms with E-state index in [0.29, 0.717) is 10.9 Å². The third-order valence-electron chi connectivity index (χ3n) is 4.05. The third-order valence-corrected chi connectivity index (χ3v) is 4.13. The van der Waals surface area contributed by atoms with Crippen LogP contribution >= 0.6 is 12.2 Å². The van der Waals surface area contributed by atoms with Crippen LogP contribution in [0, 0.1) is 0 Å². The maximum absolute atomic E-state index is 12.6. The van der Waals surface area contributed by atoms with Crippen LogP contribution in [0.5, 0.6) is 11.5 Å². The molecular formula is C17H11N5O3S. The second-order valence-electron chi connectivity index (χ2n) is 5.49. The van der Waals surface area contributed by atoms with Gasteiger partial charge in [-0.05, 0) is 36.5 Å². The predicted octanol–water partition coefficient (Wildman–Crippen LogP) is 2.89. The maximum atomic E-state index is 12.6. The Kier molecular flexibility index (Phi) is 3.51. The Hall–Kier alpha value is -3.59. The van der Waals surface area contributed by atoms with E-state index in [1.165, 1.54) is 6.20 Å². The van der Waals surface area contributed by atoms with E-state index in [1.807, 2.05) is 0 Å². The molecule has 0 saturated heterocycles. The zero-order chi connectivity index (χ0) is 18.4. The first kappa shape index (κ1) is 15.9. The van der Waals surface area contributed by atoms with Crippen LogP contribution in [-0.2, 0) is 0 Å². The van der Waals surface area contributed by atoms with Crippen molar-refractivity contribution in [3.63, 3.8) is 0 Å². The zero-order valence-corrected chi connectivity index (χ0v) is 13.9. The summed E-state index contributed by atoms with van der Waals surface area (Å²) in [6, 6.07) is 8.35. The number of thiocarbonyl (C=S) groups is 1. The average molecular weight is 365 g/mol. The highest BCUT2D eigenvalue weighted by Gasteiger charge is 2.26. The number of carbonyl (C=O) groups is 1. The van der Waals surface area contributed by atoms with Gasteiger partial charge in [0.15, 0.2) is 5.75 Å². The number of hydrogen-bond acceptors (Lipinski definition) is 5. The fraction of sp³-hybridized carbons (Fsp3) is 0. The van der Waals surface area contributed by atoms with Gasteiger partial charge >= 0.3 is 0 Å². The van der Waals surface area contributed by atoms with Gasteiger partial charge in [0.1, 0.15) is 16.8 Å². The molecule has 1 aromatic carbocycles. The number of nitrogens with two attached hydrogens (primary N) is 1. The molecule has 0 aliphatic heterocycles. The van der Waals surface area contributed by atoms with E-state index in [2.05, 4.69) is 27.4 Å². The molecule has 3 heterocycles.